The number of rotatable bonds is 9. The first-order chi connectivity index (χ1) is 14.5. The molecule has 0 aliphatic rings. The summed E-state index contributed by atoms with van der Waals surface area (Å²) in [5, 5.41) is 8.69. The lowest BCUT2D eigenvalue weighted by molar-refractivity contribution is 0.144. The van der Waals surface area contributed by atoms with Crippen molar-refractivity contribution >= 4 is 27.9 Å². The van der Waals surface area contributed by atoms with Crippen molar-refractivity contribution in [3.05, 3.63) is 82.5 Å². The molecule has 0 bridgehead atoms. The van der Waals surface area contributed by atoms with E-state index in [1.54, 1.807) is 12.1 Å². The van der Waals surface area contributed by atoms with Gasteiger partial charge in [-0.1, -0.05) is 46.3 Å². The van der Waals surface area contributed by atoms with E-state index in [0.717, 1.165) is 46.7 Å². The van der Waals surface area contributed by atoms with Crippen LogP contribution in [0.1, 0.15) is 18.1 Å². The van der Waals surface area contributed by atoms with Crippen LogP contribution in [0.15, 0.2) is 71.3 Å². The zero-order chi connectivity index (χ0) is 21.3. The number of halogens is 1. The molecule has 7 heteroatoms. The molecule has 0 atom stereocenters. The van der Waals surface area contributed by atoms with Crippen LogP contribution in [0.25, 0.3) is 0 Å². The minimum absolute atomic E-state index is 0.200. The van der Waals surface area contributed by atoms with Gasteiger partial charge >= 0.3 is 6.16 Å². The monoisotopic (exact) mass is 470 g/mol. The number of anilines is 1. The van der Waals surface area contributed by atoms with Crippen molar-refractivity contribution in [1.82, 2.24) is 4.98 Å². The van der Waals surface area contributed by atoms with E-state index in [-0.39, 0.29) is 5.75 Å². The summed E-state index contributed by atoms with van der Waals surface area (Å²) in [4.78, 5) is 17.1. The predicted octanol–water partition coefficient (Wildman–Crippen LogP) is 5.55. The Balaban J connectivity index is 1.67. The highest BCUT2D eigenvalue weighted by molar-refractivity contribution is 9.10. The maximum atomic E-state index is 10.6. The number of ether oxygens (including phenoxy) is 2. The molecule has 0 radical (unpaired) electrons. The minimum atomic E-state index is -1.35. The number of carbonyl (C=O) groups is 1. The highest BCUT2D eigenvalue weighted by Crippen LogP contribution is 2.26. The van der Waals surface area contributed by atoms with Crippen LogP contribution in [0, 0.1) is 0 Å². The molecule has 0 saturated heterocycles. The molecule has 1 N–H and O–H groups in total. The molecule has 156 valence electrons. The Hall–Kier alpha value is -3.06. The summed E-state index contributed by atoms with van der Waals surface area (Å²) in [7, 11) is 0. The zero-order valence-electron chi connectivity index (χ0n) is 16.6. The molecule has 6 nitrogen and oxygen atoms in total. The maximum absolute atomic E-state index is 10.6. The number of benzene rings is 2. The van der Waals surface area contributed by atoms with E-state index in [2.05, 4.69) is 43.5 Å². The van der Waals surface area contributed by atoms with Gasteiger partial charge in [0.05, 0.1) is 6.20 Å². The summed E-state index contributed by atoms with van der Waals surface area (Å²) in [5.74, 6) is 1.82. The van der Waals surface area contributed by atoms with Crippen LogP contribution in [0.2, 0.25) is 0 Å². The van der Waals surface area contributed by atoms with Gasteiger partial charge < -0.3 is 19.5 Å². The fourth-order valence-electron chi connectivity index (χ4n) is 3.03. The third-order valence-electron chi connectivity index (χ3n) is 4.54. The molecule has 30 heavy (non-hydrogen) atoms. The molecule has 0 aliphatic heterocycles. The Labute approximate surface area is 184 Å². The average Bonchev–Trinajstić information content (AvgIpc) is 2.75. The topological polar surface area (TPSA) is 71.9 Å². The Morgan fingerprint density at radius 2 is 1.93 bits per heavy atom. The van der Waals surface area contributed by atoms with Crippen LogP contribution >= 0.6 is 15.9 Å². The van der Waals surface area contributed by atoms with E-state index in [4.69, 9.17) is 9.84 Å². The van der Waals surface area contributed by atoms with Crippen molar-refractivity contribution in [3.63, 3.8) is 0 Å². The molecule has 1 heterocycles. The van der Waals surface area contributed by atoms with Crippen molar-refractivity contribution in [1.29, 1.82) is 0 Å². The smallest absolute Gasteiger partial charge is 0.489 e. The normalized spacial score (nSPS) is 10.5. The number of hydrogen-bond donors (Lipinski definition) is 1. The van der Waals surface area contributed by atoms with Crippen LogP contribution in [-0.2, 0) is 13.0 Å². The van der Waals surface area contributed by atoms with Crippen LogP contribution in [0.5, 0.6) is 11.5 Å². The summed E-state index contributed by atoms with van der Waals surface area (Å²) in [5.41, 5.74) is 2.22. The molecule has 0 fully saturated rings. The van der Waals surface area contributed by atoms with Gasteiger partial charge in [0.1, 0.15) is 18.2 Å². The predicted molar refractivity (Wildman–Crippen MR) is 119 cm³/mol. The molecule has 3 aromatic rings. The quantitative estimate of drug-likeness (QED) is 0.413. The van der Waals surface area contributed by atoms with Gasteiger partial charge in [-0.2, -0.15) is 0 Å². The van der Waals surface area contributed by atoms with Crippen LogP contribution in [0.4, 0.5) is 10.6 Å². The molecule has 0 unspecified atom stereocenters. The van der Waals surface area contributed by atoms with Gasteiger partial charge in [-0.05, 0) is 54.8 Å². The number of aromatic nitrogens is 1. The van der Waals surface area contributed by atoms with Gasteiger partial charge in [0.25, 0.3) is 0 Å². The zero-order valence-corrected chi connectivity index (χ0v) is 18.2. The highest BCUT2D eigenvalue weighted by atomic mass is 79.9. The van der Waals surface area contributed by atoms with E-state index < -0.39 is 6.16 Å². The number of hydrogen-bond acceptors (Lipinski definition) is 5. The Morgan fingerprint density at radius 1 is 1.13 bits per heavy atom. The Bertz CT molecular complexity index is 965. The SMILES string of the molecule is CCN(CCc1cc(Br)ccc1OCc1ccccc1)c1ccc(OC(=O)O)cn1. The van der Waals surface area contributed by atoms with Crippen LogP contribution in [-0.4, -0.2) is 29.3 Å². The Kier molecular flexibility index (Phi) is 7.68. The van der Waals surface area contributed by atoms with E-state index >= 15 is 0 Å². The molecule has 0 aliphatic carbocycles. The summed E-state index contributed by atoms with van der Waals surface area (Å²) in [6.45, 7) is 4.07. The molecule has 1 aromatic heterocycles. The largest absolute Gasteiger partial charge is 0.511 e. The average molecular weight is 471 g/mol. The molecular weight excluding hydrogens is 448 g/mol. The molecule has 0 amide bonds. The fraction of sp³-hybridized carbons (Fsp3) is 0.217. The summed E-state index contributed by atoms with van der Waals surface area (Å²) in [6.07, 6.45) is 0.834. The second kappa shape index (κ2) is 10.6. The second-order valence-corrected chi connectivity index (χ2v) is 7.49. The third kappa shape index (κ3) is 6.22. The fourth-order valence-corrected chi connectivity index (χ4v) is 3.44. The lowest BCUT2D eigenvalue weighted by atomic mass is 10.1. The van der Waals surface area contributed by atoms with Gasteiger partial charge in [0.2, 0.25) is 0 Å². The Morgan fingerprint density at radius 3 is 2.60 bits per heavy atom. The van der Waals surface area contributed by atoms with Crippen molar-refractivity contribution in [3.8, 4) is 11.5 Å². The van der Waals surface area contributed by atoms with Crippen molar-refractivity contribution in [2.45, 2.75) is 20.0 Å². The summed E-state index contributed by atoms with van der Waals surface area (Å²) >= 11 is 3.55. The molecule has 0 spiro atoms. The molecule has 0 saturated carbocycles. The minimum Gasteiger partial charge on any atom is -0.489 e. The van der Waals surface area contributed by atoms with Gasteiger partial charge in [0, 0.05) is 17.6 Å². The first-order valence-electron chi connectivity index (χ1n) is 9.62. The van der Waals surface area contributed by atoms with Crippen LogP contribution < -0.4 is 14.4 Å². The van der Waals surface area contributed by atoms with Gasteiger partial charge in [-0.15, -0.1) is 0 Å². The molecular formula is C23H23BrN2O4. The first-order valence-corrected chi connectivity index (χ1v) is 10.4. The number of pyridine rings is 1. The van der Waals surface area contributed by atoms with E-state index in [1.165, 1.54) is 6.20 Å². The standard InChI is InChI=1S/C23H23BrN2O4/c1-2-26(22-11-9-20(15-25-22)30-23(27)28)13-12-18-14-19(24)8-10-21(18)29-16-17-6-4-3-5-7-17/h3-11,14-15H,2,12-13,16H2,1H3,(H,27,28). The lowest BCUT2D eigenvalue weighted by Crippen LogP contribution is -2.26. The number of nitrogens with zero attached hydrogens (tertiary/aromatic N) is 2. The molecule has 3 rings (SSSR count). The summed E-state index contributed by atoms with van der Waals surface area (Å²) < 4.78 is 11.7. The molecule has 2 aromatic carbocycles. The van der Waals surface area contributed by atoms with Crippen molar-refractivity contribution in [2.24, 2.45) is 0 Å². The van der Waals surface area contributed by atoms with Gasteiger partial charge in [-0.3, -0.25) is 0 Å². The first kappa shape index (κ1) is 21.6. The second-order valence-electron chi connectivity index (χ2n) is 6.58. The van der Waals surface area contributed by atoms with Gasteiger partial charge in [-0.25, -0.2) is 9.78 Å². The van der Waals surface area contributed by atoms with Crippen LogP contribution in [0.3, 0.4) is 0 Å². The van der Waals surface area contributed by atoms with Gasteiger partial charge in [0.15, 0.2) is 5.75 Å². The van der Waals surface area contributed by atoms with E-state index in [9.17, 15) is 4.79 Å². The summed E-state index contributed by atoms with van der Waals surface area (Å²) in [6, 6.07) is 19.5. The highest BCUT2D eigenvalue weighted by Gasteiger charge is 2.11. The lowest BCUT2D eigenvalue weighted by Gasteiger charge is -2.23. The van der Waals surface area contributed by atoms with E-state index in [0.29, 0.717) is 6.61 Å². The number of likely N-dealkylation sites (N-methyl/N-ethyl adjacent to an activating group) is 1. The number of carboxylic acid groups (broad SMARTS) is 1. The van der Waals surface area contributed by atoms with Crippen molar-refractivity contribution in [2.75, 3.05) is 18.0 Å². The van der Waals surface area contributed by atoms with E-state index in [1.807, 2.05) is 42.5 Å². The van der Waals surface area contributed by atoms with Crippen molar-refractivity contribution < 1.29 is 19.4 Å². The third-order valence-corrected chi connectivity index (χ3v) is 5.04. The maximum Gasteiger partial charge on any atom is 0.511 e.